The van der Waals surface area contributed by atoms with Gasteiger partial charge in [0.15, 0.2) is 0 Å². The number of benzene rings is 5. The minimum absolute atomic E-state index is 0.0292. The van der Waals surface area contributed by atoms with Gasteiger partial charge >= 0.3 is 0 Å². The highest BCUT2D eigenvalue weighted by Crippen LogP contribution is 2.62. The molecule has 0 spiro atoms. The third kappa shape index (κ3) is 6.60. The van der Waals surface area contributed by atoms with E-state index in [1.165, 1.54) is 164 Å². The van der Waals surface area contributed by atoms with E-state index >= 15 is 0 Å². The van der Waals surface area contributed by atoms with Crippen molar-refractivity contribution in [2.75, 3.05) is 9.80 Å². The Kier molecular flexibility index (Phi) is 9.77. The molecule has 6 aromatic rings. The van der Waals surface area contributed by atoms with Crippen LogP contribution in [0.2, 0.25) is 0 Å². The minimum Gasteiger partial charge on any atom is -0.440 e. The number of hydrogen-bond acceptors (Lipinski definition) is 3. The van der Waals surface area contributed by atoms with Gasteiger partial charge in [-0.05, 0) is 236 Å². The molecular weight excluding hydrogens is 920 g/mol. The van der Waals surface area contributed by atoms with Gasteiger partial charge in [-0.3, -0.25) is 4.90 Å². The molecule has 392 valence electrons. The van der Waals surface area contributed by atoms with Gasteiger partial charge in [-0.25, -0.2) is 0 Å². The van der Waals surface area contributed by atoms with Gasteiger partial charge in [-0.2, -0.15) is 0 Å². The summed E-state index contributed by atoms with van der Waals surface area (Å²) in [7, 11) is 0. The highest BCUT2D eigenvalue weighted by atomic mass is 16.4. The van der Waals surface area contributed by atoms with Crippen LogP contribution in [0, 0.1) is 5.92 Å². The van der Waals surface area contributed by atoms with Crippen molar-refractivity contribution in [3.8, 4) is 0 Å². The molecule has 3 heterocycles. The SMILES string of the molecule is CC1=CC(C)C(c2cc3c4c(c2)N(c2ccc5c(c2)C(C)(C)CCC5(C)C)c2oc5cc6c(cc5c2B4c2cc4c(cc2N3c2ccc3c(c2)C(C)(C)CCC3(C)C)C(C)(C)CCC4(C)C)C2(C)CCC6(C)C2)C(C)=C1. The van der Waals surface area contributed by atoms with E-state index in [1.54, 1.807) is 5.56 Å². The summed E-state index contributed by atoms with van der Waals surface area (Å²) in [5, 5.41) is 1.30. The maximum atomic E-state index is 7.81. The maximum Gasteiger partial charge on any atom is 0.257 e. The summed E-state index contributed by atoms with van der Waals surface area (Å²) in [6.45, 7) is 42.1. The lowest BCUT2D eigenvalue weighted by Crippen LogP contribution is -2.61. The molecule has 2 aliphatic heterocycles. The molecule has 14 rings (SSSR count). The maximum absolute atomic E-state index is 7.81. The number of furan rings is 1. The quantitative estimate of drug-likeness (QED) is 0.164. The summed E-state index contributed by atoms with van der Waals surface area (Å²) in [4.78, 5) is 5.41. The topological polar surface area (TPSA) is 19.6 Å². The van der Waals surface area contributed by atoms with E-state index in [0.717, 1.165) is 11.5 Å². The number of nitrogens with zero attached hydrogens (tertiary/aromatic N) is 2. The third-order valence-corrected chi connectivity index (χ3v) is 22.7. The van der Waals surface area contributed by atoms with Gasteiger partial charge in [0.1, 0.15) is 5.58 Å². The van der Waals surface area contributed by atoms with E-state index in [9.17, 15) is 0 Å². The fourth-order valence-corrected chi connectivity index (χ4v) is 17.8. The highest BCUT2D eigenvalue weighted by molar-refractivity contribution is 7.01. The van der Waals surface area contributed by atoms with E-state index in [4.69, 9.17) is 4.42 Å². The molecule has 3 nitrogen and oxygen atoms in total. The Labute approximate surface area is 457 Å². The molecular formula is C72H85BN2O. The second-order valence-corrected chi connectivity index (χ2v) is 30.9. The van der Waals surface area contributed by atoms with E-state index in [2.05, 4.69) is 212 Å². The van der Waals surface area contributed by atoms with Crippen LogP contribution in [0.15, 0.2) is 101 Å². The van der Waals surface area contributed by atoms with Gasteiger partial charge in [-0.15, -0.1) is 0 Å². The average molecular weight is 1010 g/mol. The standard InChI is InChI=1S/C72H85BN2O/c1-41-30-42(2)61(43(3)31-41)44-32-58-63-59(33-44)75(46-19-21-49-51(35-46)68(10,11)25-23-66(49,6)7)64-62(47-36-54-55(39-60(47)76-64)72(17)29-28-71(54,16)40-72)73(63)56-37-52-53(70(14,15)27-26-69(52,12)13)38-57(56)74(58)45-18-20-48-50(34-45)67(8,9)24-22-65(48,4)5/h18-21,30-39,42,61H,22-29,40H2,1-17H3. The van der Waals surface area contributed by atoms with Crippen molar-refractivity contribution in [3.63, 3.8) is 0 Å². The van der Waals surface area contributed by atoms with E-state index in [-0.39, 0.29) is 56.0 Å². The normalized spacial score (nSPS) is 27.9. The predicted molar refractivity (Wildman–Crippen MR) is 324 cm³/mol. The van der Waals surface area contributed by atoms with Crippen molar-refractivity contribution in [1.82, 2.24) is 0 Å². The summed E-state index contributed by atoms with van der Waals surface area (Å²) >= 11 is 0. The number of allylic oxidation sites excluding steroid dienone is 4. The lowest BCUT2D eigenvalue weighted by Gasteiger charge is -2.48. The monoisotopic (exact) mass is 1000 g/mol. The molecule has 1 aromatic heterocycles. The summed E-state index contributed by atoms with van der Waals surface area (Å²) in [5.74, 6) is 1.56. The summed E-state index contributed by atoms with van der Waals surface area (Å²) in [6, 6.07) is 31.2. The van der Waals surface area contributed by atoms with Crippen LogP contribution < -0.4 is 26.2 Å². The van der Waals surface area contributed by atoms with Crippen LogP contribution in [0.5, 0.6) is 0 Å². The Bertz CT molecular complexity index is 3640. The van der Waals surface area contributed by atoms with Crippen molar-refractivity contribution in [3.05, 3.63) is 146 Å². The molecule has 0 N–H and O–H groups in total. The fraction of sp³-hybridized carbons (Fsp3) is 0.500. The van der Waals surface area contributed by atoms with Crippen molar-refractivity contribution >= 4 is 68.4 Å². The zero-order chi connectivity index (χ0) is 53.6. The first-order chi connectivity index (χ1) is 35.5. The molecule has 4 atom stereocenters. The molecule has 0 amide bonds. The summed E-state index contributed by atoms with van der Waals surface area (Å²) in [5.41, 5.74) is 28.6. The van der Waals surface area contributed by atoms with Gasteiger partial charge in [-0.1, -0.05) is 145 Å². The molecule has 4 heteroatoms. The number of rotatable bonds is 3. The molecule has 76 heavy (non-hydrogen) atoms. The van der Waals surface area contributed by atoms with Crippen molar-refractivity contribution in [2.45, 2.75) is 225 Å². The second-order valence-electron chi connectivity index (χ2n) is 30.9. The molecule has 5 aromatic carbocycles. The number of hydrogen-bond donors (Lipinski definition) is 0. The molecule has 8 aliphatic rings. The van der Waals surface area contributed by atoms with Gasteiger partial charge in [0.05, 0.1) is 0 Å². The van der Waals surface area contributed by atoms with E-state index < -0.39 is 0 Å². The minimum atomic E-state index is -0.0486. The largest absolute Gasteiger partial charge is 0.440 e. The molecule has 2 bridgehead atoms. The summed E-state index contributed by atoms with van der Waals surface area (Å²) in [6.07, 6.45) is 15.8. The van der Waals surface area contributed by atoms with Crippen LogP contribution in [0.3, 0.4) is 0 Å². The molecule has 4 unspecified atom stereocenters. The van der Waals surface area contributed by atoms with Crippen LogP contribution in [0.25, 0.3) is 11.0 Å². The van der Waals surface area contributed by atoms with E-state index in [0.29, 0.717) is 5.92 Å². The first-order valence-corrected chi connectivity index (χ1v) is 29.8. The smallest absolute Gasteiger partial charge is 0.257 e. The van der Waals surface area contributed by atoms with Crippen LogP contribution >= 0.6 is 0 Å². The lowest BCUT2D eigenvalue weighted by atomic mass is 9.33. The molecule has 0 saturated heterocycles. The van der Waals surface area contributed by atoms with Crippen molar-refractivity contribution in [1.29, 1.82) is 0 Å². The Balaban J connectivity index is 1.14. The van der Waals surface area contributed by atoms with Gasteiger partial charge < -0.3 is 9.32 Å². The molecule has 6 aliphatic carbocycles. The fourth-order valence-electron chi connectivity index (χ4n) is 17.8. The predicted octanol–water partition coefficient (Wildman–Crippen LogP) is 17.9. The first-order valence-electron chi connectivity index (χ1n) is 29.8. The highest BCUT2D eigenvalue weighted by Gasteiger charge is 2.55. The third-order valence-electron chi connectivity index (χ3n) is 22.7. The van der Waals surface area contributed by atoms with Crippen LogP contribution in [-0.2, 0) is 43.3 Å². The van der Waals surface area contributed by atoms with Gasteiger partial charge in [0, 0.05) is 45.2 Å². The lowest BCUT2D eigenvalue weighted by molar-refractivity contribution is 0.332. The summed E-state index contributed by atoms with van der Waals surface area (Å²) < 4.78 is 7.81. The Morgan fingerprint density at radius 2 is 0.947 bits per heavy atom. The van der Waals surface area contributed by atoms with Crippen LogP contribution in [0.4, 0.5) is 34.3 Å². The molecule has 0 radical (unpaired) electrons. The Morgan fingerprint density at radius 3 is 1.49 bits per heavy atom. The van der Waals surface area contributed by atoms with Crippen LogP contribution in [-0.4, -0.2) is 6.71 Å². The number of anilines is 6. The zero-order valence-corrected chi connectivity index (χ0v) is 49.5. The zero-order valence-electron chi connectivity index (χ0n) is 49.5. The van der Waals surface area contributed by atoms with Gasteiger partial charge in [0.2, 0.25) is 5.88 Å². The Morgan fingerprint density at radius 1 is 0.474 bits per heavy atom. The second kappa shape index (κ2) is 15.1. The average Bonchev–Trinajstić information content (AvgIpc) is 4.07. The van der Waals surface area contributed by atoms with Crippen LogP contribution in [0.1, 0.15) is 231 Å². The number of fused-ring (bicyclic) bond motifs is 14. The van der Waals surface area contributed by atoms with E-state index in [1.807, 2.05) is 0 Å². The van der Waals surface area contributed by atoms with Crippen molar-refractivity contribution in [2.24, 2.45) is 5.92 Å². The molecule has 1 saturated carbocycles. The molecule has 1 fully saturated rings. The first kappa shape index (κ1) is 49.1. The van der Waals surface area contributed by atoms with Crippen molar-refractivity contribution < 1.29 is 4.42 Å². The van der Waals surface area contributed by atoms with Gasteiger partial charge in [0.25, 0.3) is 6.71 Å². The Hall–Kier alpha value is -5.22.